The summed E-state index contributed by atoms with van der Waals surface area (Å²) >= 11 is 0. The Hall–Kier alpha value is -7.10. The first-order chi connectivity index (χ1) is 34.7. The summed E-state index contributed by atoms with van der Waals surface area (Å²) in [7, 11) is 0. The third-order valence-corrected chi connectivity index (χ3v) is 17.5. The first-order valence-corrected chi connectivity index (χ1v) is 26.6. The molecular formula is C68H65N3. The van der Waals surface area contributed by atoms with E-state index in [4.69, 9.17) is 0 Å². The number of nitrogens with zero attached hydrogens (tertiary/aromatic N) is 3. The Bertz CT molecular complexity index is 3430. The van der Waals surface area contributed by atoms with Crippen LogP contribution < -0.4 is 9.80 Å². The van der Waals surface area contributed by atoms with Gasteiger partial charge in [-0.2, -0.15) is 0 Å². The fourth-order valence-corrected chi connectivity index (χ4v) is 14.2. The van der Waals surface area contributed by atoms with Crippen LogP contribution in [0.15, 0.2) is 183 Å². The number of rotatable bonds is 13. The molecule has 2 atom stereocenters. The molecule has 0 amide bonds. The molecular weight excluding hydrogens is 859 g/mol. The van der Waals surface area contributed by atoms with Crippen molar-refractivity contribution in [2.45, 2.75) is 102 Å². The molecule has 1 aromatic heterocycles. The molecule has 14 rings (SSSR count). The molecule has 71 heavy (non-hydrogen) atoms. The summed E-state index contributed by atoms with van der Waals surface area (Å²) in [5, 5.41) is 2.48. The molecule has 4 fully saturated rings. The van der Waals surface area contributed by atoms with Gasteiger partial charge in [-0.15, -0.1) is 0 Å². The topological polar surface area (TPSA) is 11.4 Å². The fourth-order valence-electron chi connectivity index (χ4n) is 14.2. The van der Waals surface area contributed by atoms with Gasteiger partial charge in [0.25, 0.3) is 0 Å². The van der Waals surface area contributed by atoms with Crippen LogP contribution in [0.1, 0.15) is 103 Å². The number of aryl methyl sites for hydroxylation is 5. The normalized spacial score (nSPS) is 20.8. The highest BCUT2D eigenvalue weighted by atomic mass is 15.2. The Morgan fingerprint density at radius 3 is 1.51 bits per heavy atom. The molecule has 4 saturated carbocycles. The van der Waals surface area contributed by atoms with Crippen molar-refractivity contribution < 1.29 is 0 Å². The highest BCUT2D eigenvalue weighted by Crippen LogP contribution is 2.66. The molecule has 0 N–H and O–H groups in total. The Morgan fingerprint density at radius 1 is 0.521 bits per heavy atom. The molecule has 352 valence electrons. The largest absolute Gasteiger partial charge is 0.310 e. The quantitative estimate of drug-likeness (QED) is 0.114. The van der Waals surface area contributed by atoms with Gasteiger partial charge in [0.05, 0.1) is 11.0 Å². The summed E-state index contributed by atoms with van der Waals surface area (Å²) < 4.78 is 2.47. The number of hydrogen-bond donors (Lipinski definition) is 0. The highest BCUT2D eigenvalue weighted by Gasteiger charge is 2.58. The van der Waals surface area contributed by atoms with E-state index in [1.54, 1.807) is 5.56 Å². The van der Waals surface area contributed by atoms with Gasteiger partial charge in [0.15, 0.2) is 0 Å². The third kappa shape index (κ3) is 7.63. The number of aromatic nitrogens is 1. The standard InChI is InChI=1S/C68H65N3/c1-5-7-8-49-15-28-57(29-16-49)69(58-31-22-55(23-32-58)68-43-50-37-51(44-68)42-67(41-50,45-68)54-20-13-48(6-2)14-21-54)61-33-35-65-63(39-61)64-40-62(34-36-66(64)71(65)59-26-11-47(4)12-27-59)70(56-24-9-46(3)10-25-56)60-30-19-52-17-18-53(52)38-60/h6,9-16,19-36,38-40,50-51H,2,5,7-8,17-18,37,41-45H2,1,3-4H3. The summed E-state index contributed by atoms with van der Waals surface area (Å²) in [5.41, 5.74) is 22.3. The predicted molar refractivity (Wildman–Crippen MR) is 300 cm³/mol. The molecule has 8 aromatic carbocycles. The van der Waals surface area contributed by atoms with Gasteiger partial charge in [0, 0.05) is 50.6 Å². The van der Waals surface area contributed by atoms with Crippen molar-refractivity contribution >= 4 is 62.0 Å². The fraction of sp³-hybridized carbons (Fsp3) is 0.265. The molecule has 3 nitrogen and oxygen atoms in total. The van der Waals surface area contributed by atoms with Crippen molar-refractivity contribution in [3.8, 4) is 5.69 Å². The maximum Gasteiger partial charge on any atom is 0.0542 e. The first-order valence-electron chi connectivity index (χ1n) is 26.6. The average Bonchev–Trinajstić information content (AvgIpc) is 3.70. The zero-order valence-electron chi connectivity index (χ0n) is 41.8. The van der Waals surface area contributed by atoms with Crippen LogP contribution in [0.5, 0.6) is 0 Å². The van der Waals surface area contributed by atoms with E-state index in [2.05, 4.69) is 218 Å². The Morgan fingerprint density at radius 2 is 0.986 bits per heavy atom. The van der Waals surface area contributed by atoms with Gasteiger partial charge in [0.2, 0.25) is 0 Å². The van der Waals surface area contributed by atoms with E-state index in [9.17, 15) is 0 Å². The van der Waals surface area contributed by atoms with Crippen molar-refractivity contribution in [1.82, 2.24) is 4.57 Å². The third-order valence-electron chi connectivity index (χ3n) is 17.5. The van der Waals surface area contributed by atoms with E-state index in [0.29, 0.717) is 0 Å². The lowest BCUT2D eigenvalue weighted by molar-refractivity contribution is -0.0281. The van der Waals surface area contributed by atoms with E-state index in [0.717, 1.165) is 36.1 Å². The second-order valence-corrected chi connectivity index (χ2v) is 22.2. The molecule has 5 aliphatic rings. The van der Waals surface area contributed by atoms with Gasteiger partial charge in [-0.1, -0.05) is 116 Å². The Kier molecular flexibility index (Phi) is 10.7. The van der Waals surface area contributed by atoms with E-state index in [1.165, 1.54) is 147 Å². The van der Waals surface area contributed by atoms with Crippen molar-refractivity contribution in [3.63, 3.8) is 0 Å². The highest BCUT2D eigenvalue weighted by molar-refractivity contribution is 6.12. The minimum atomic E-state index is 0.215. The summed E-state index contributed by atoms with van der Waals surface area (Å²) in [6, 6.07) is 68.2. The van der Waals surface area contributed by atoms with Crippen molar-refractivity contribution in [3.05, 3.63) is 227 Å². The average molecular weight is 924 g/mol. The zero-order chi connectivity index (χ0) is 47.8. The minimum Gasteiger partial charge on any atom is -0.310 e. The maximum absolute atomic E-state index is 4.05. The number of anilines is 6. The molecule has 2 unspecified atom stereocenters. The number of benzene rings is 8. The number of hydrogen-bond acceptors (Lipinski definition) is 2. The van der Waals surface area contributed by atoms with Crippen molar-refractivity contribution in [2.24, 2.45) is 11.8 Å². The van der Waals surface area contributed by atoms with E-state index in [-0.39, 0.29) is 10.8 Å². The van der Waals surface area contributed by atoms with Crippen LogP contribution in [0.3, 0.4) is 0 Å². The molecule has 3 heteroatoms. The van der Waals surface area contributed by atoms with Crippen LogP contribution in [0, 0.1) is 25.7 Å². The molecule has 0 spiro atoms. The SMILES string of the molecule is C=Cc1ccc(C23CC4CC(C2)CC(c2ccc(N(c5ccc(CCCC)cc5)c5ccc6c(c5)c5cc(N(c7ccc(C)cc7)c7ccc8c(c7)CC8)ccc5n6-c5ccc(C)cc5)cc2)(C4)C3)cc1. The van der Waals surface area contributed by atoms with E-state index in [1.807, 2.05) is 6.08 Å². The lowest BCUT2D eigenvalue weighted by Crippen LogP contribution is -2.55. The summed E-state index contributed by atoms with van der Waals surface area (Å²) in [6.07, 6.45) is 15.7. The van der Waals surface area contributed by atoms with Gasteiger partial charge in [-0.3, -0.25) is 0 Å². The molecule has 0 saturated heterocycles. The maximum atomic E-state index is 4.05. The minimum absolute atomic E-state index is 0.215. The molecule has 5 aliphatic carbocycles. The number of fused-ring (bicyclic) bond motifs is 4. The van der Waals surface area contributed by atoms with Crippen molar-refractivity contribution in [1.29, 1.82) is 0 Å². The molecule has 9 aromatic rings. The van der Waals surface area contributed by atoms with Crippen LogP contribution in [0.25, 0.3) is 33.6 Å². The molecule has 1 heterocycles. The van der Waals surface area contributed by atoms with E-state index >= 15 is 0 Å². The van der Waals surface area contributed by atoms with Crippen molar-refractivity contribution in [2.75, 3.05) is 9.80 Å². The molecule has 4 bridgehead atoms. The first kappa shape index (κ1) is 43.9. The molecule has 0 aliphatic heterocycles. The lowest BCUT2D eigenvalue weighted by atomic mass is 9.42. The zero-order valence-corrected chi connectivity index (χ0v) is 41.8. The smallest absolute Gasteiger partial charge is 0.0542 e. The summed E-state index contributed by atoms with van der Waals surface area (Å²) in [6.45, 7) is 10.7. The Balaban J connectivity index is 0.946. The second-order valence-electron chi connectivity index (χ2n) is 22.2. The predicted octanol–water partition coefficient (Wildman–Crippen LogP) is 18.2. The van der Waals surface area contributed by atoms with Gasteiger partial charge in [-0.25, -0.2) is 0 Å². The summed E-state index contributed by atoms with van der Waals surface area (Å²) in [5.74, 6) is 1.58. The number of unbranched alkanes of at least 4 members (excludes halogenated alkanes) is 1. The van der Waals surface area contributed by atoms with Crippen LogP contribution >= 0.6 is 0 Å². The van der Waals surface area contributed by atoms with Crippen LogP contribution in [0.4, 0.5) is 34.1 Å². The second kappa shape index (κ2) is 17.3. The van der Waals surface area contributed by atoms with Gasteiger partial charge >= 0.3 is 0 Å². The van der Waals surface area contributed by atoms with Crippen LogP contribution in [-0.2, 0) is 30.1 Å². The molecule has 0 radical (unpaired) electrons. The monoisotopic (exact) mass is 924 g/mol. The van der Waals surface area contributed by atoms with Gasteiger partial charge in [0.1, 0.15) is 0 Å². The van der Waals surface area contributed by atoms with Crippen LogP contribution in [0.2, 0.25) is 0 Å². The summed E-state index contributed by atoms with van der Waals surface area (Å²) in [4.78, 5) is 4.96. The van der Waals surface area contributed by atoms with Gasteiger partial charge < -0.3 is 14.4 Å². The van der Waals surface area contributed by atoms with E-state index < -0.39 is 0 Å². The lowest BCUT2D eigenvalue weighted by Gasteiger charge is -2.63. The van der Waals surface area contributed by atoms with Gasteiger partial charge in [-0.05, 0) is 231 Å². The Labute approximate surface area is 421 Å². The van der Waals surface area contributed by atoms with Crippen LogP contribution in [-0.4, -0.2) is 4.57 Å².